The lowest BCUT2D eigenvalue weighted by molar-refractivity contribution is 0.293. The molecule has 3 aromatic heterocycles. The Hall–Kier alpha value is -3.32. The molecular weight excluding hydrogens is 380 g/mol. The first-order valence-corrected chi connectivity index (χ1v) is 10.3. The highest BCUT2D eigenvalue weighted by Gasteiger charge is 2.19. The molecule has 2 aromatic carbocycles. The number of aromatic nitrogens is 3. The van der Waals surface area contributed by atoms with Crippen molar-refractivity contribution in [1.29, 1.82) is 0 Å². The van der Waals surface area contributed by atoms with Gasteiger partial charge in [0.25, 0.3) is 5.56 Å². The Balaban J connectivity index is 1.80. The fourth-order valence-electron chi connectivity index (χ4n) is 4.29. The van der Waals surface area contributed by atoms with Crippen LogP contribution in [0.3, 0.4) is 0 Å². The predicted octanol–water partition coefficient (Wildman–Crippen LogP) is 4.24. The summed E-state index contributed by atoms with van der Waals surface area (Å²) >= 11 is 0. The number of likely N-dealkylation sites (N-methyl/N-ethyl adjacent to an activating group) is 1. The van der Waals surface area contributed by atoms with Crippen LogP contribution >= 0.6 is 0 Å². The van der Waals surface area contributed by atoms with Crippen LogP contribution in [0.2, 0.25) is 0 Å². The van der Waals surface area contributed by atoms with Gasteiger partial charge in [-0.2, -0.15) is 4.74 Å². The Labute approximate surface area is 173 Å². The molecule has 154 valence electrons. The van der Waals surface area contributed by atoms with Crippen LogP contribution < -0.4 is 5.56 Å². The van der Waals surface area contributed by atoms with Crippen LogP contribution in [0.1, 0.15) is 13.8 Å². The number of fused-ring (bicyclic) bond motifs is 5. The fourth-order valence-corrected chi connectivity index (χ4v) is 4.29. The lowest BCUT2D eigenvalue weighted by atomic mass is 10.1. The van der Waals surface area contributed by atoms with Crippen molar-refractivity contribution in [1.82, 2.24) is 19.2 Å². The van der Waals surface area contributed by atoms with Crippen LogP contribution in [0.5, 0.6) is 0 Å². The Morgan fingerprint density at radius 2 is 1.87 bits per heavy atom. The number of rotatable bonds is 6. The van der Waals surface area contributed by atoms with Gasteiger partial charge in [-0.25, -0.2) is 4.98 Å². The third-order valence-corrected chi connectivity index (χ3v) is 5.94. The molecule has 7 heteroatoms. The molecule has 0 aliphatic rings. The second-order valence-electron chi connectivity index (χ2n) is 7.48. The van der Waals surface area contributed by atoms with Gasteiger partial charge < -0.3 is 18.4 Å². The summed E-state index contributed by atoms with van der Waals surface area (Å²) in [6.45, 7) is 8.19. The fraction of sp³-hybridized carbons (Fsp3) is 0.304. The molecule has 0 aliphatic carbocycles. The zero-order valence-electron chi connectivity index (χ0n) is 17.4. The topological polar surface area (TPSA) is 69.3 Å². The van der Waals surface area contributed by atoms with Crippen molar-refractivity contribution >= 4 is 32.8 Å². The van der Waals surface area contributed by atoms with E-state index in [0.29, 0.717) is 16.9 Å². The zero-order valence-corrected chi connectivity index (χ0v) is 17.4. The minimum absolute atomic E-state index is 0.125. The summed E-state index contributed by atoms with van der Waals surface area (Å²) in [5.74, 6) is 0.572. The van der Waals surface area contributed by atoms with Gasteiger partial charge in [0.1, 0.15) is 6.26 Å². The molecule has 30 heavy (non-hydrogen) atoms. The molecule has 5 rings (SSSR count). The number of nitrogens with zero attached hydrogens (tertiary/aromatic N) is 4. The quantitative estimate of drug-likeness (QED) is 0.423. The predicted molar refractivity (Wildman–Crippen MR) is 118 cm³/mol. The van der Waals surface area contributed by atoms with E-state index in [1.807, 2.05) is 18.2 Å². The third-order valence-electron chi connectivity index (χ3n) is 5.94. The molecule has 0 N–H and O–H groups in total. The molecular formula is C23H24N4O3. The molecule has 0 unspecified atom stereocenters. The average Bonchev–Trinajstić information content (AvgIpc) is 3.47. The van der Waals surface area contributed by atoms with Crippen LogP contribution in [-0.4, -0.2) is 38.8 Å². The van der Waals surface area contributed by atoms with E-state index in [2.05, 4.69) is 40.4 Å². The largest absolute Gasteiger partial charge is 0.445 e. The smallest absolute Gasteiger partial charge is 0.290 e. The van der Waals surface area contributed by atoms with Gasteiger partial charge >= 0.3 is 0 Å². The maximum Gasteiger partial charge on any atom is 0.290 e. The molecule has 7 nitrogen and oxygen atoms in total. The molecule has 0 saturated carbocycles. The molecule has 0 bridgehead atoms. The summed E-state index contributed by atoms with van der Waals surface area (Å²) in [5, 5.41) is 2.57. The second-order valence-corrected chi connectivity index (χ2v) is 7.48. The molecule has 3 heterocycles. The van der Waals surface area contributed by atoms with E-state index in [-0.39, 0.29) is 5.56 Å². The highest BCUT2D eigenvalue weighted by Crippen LogP contribution is 2.36. The summed E-state index contributed by atoms with van der Waals surface area (Å²) < 4.78 is 15.0. The summed E-state index contributed by atoms with van der Waals surface area (Å²) in [6, 6.07) is 10.1. The molecule has 0 spiro atoms. The monoisotopic (exact) mass is 404 g/mol. The van der Waals surface area contributed by atoms with E-state index in [4.69, 9.17) is 8.94 Å². The van der Waals surface area contributed by atoms with Crippen LogP contribution in [0.15, 0.2) is 56.5 Å². The van der Waals surface area contributed by atoms with Crippen molar-refractivity contribution in [3.63, 3.8) is 0 Å². The molecule has 0 amide bonds. The first kappa shape index (κ1) is 18.7. The van der Waals surface area contributed by atoms with Gasteiger partial charge in [-0.05, 0) is 43.4 Å². The summed E-state index contributed by atoms with van der Waals surface area (Å²) in [4.78, 5) is 19.2. The van der Waals surface area contributed by atoms with Crippen LogP contribution in [-0.2, 0) is 13.6 Å². The summed E-state index contributed by atoms with van der Waals surface area (Å²) in [6.07, 6.45) is 3.21. The standard InChI is InChI=1S/C23H24N4O3/c1-4-26(5-2)11-12-27-18-8-6-15(22-24-10-13-29-22)14-17(18)20-19(27)9-7-16-21(20)30-25(3)23(16)28/h6-10,13-14H,4-5,11-12H2,1-3H3. The first-order chi connectivity index (χ1) is 14.6. The van der Waals surface area contributed by atoms with E-state index in [1.165, 1.54) is 4.74 Å². The lowest BCUT2D eigenvalue weighted by Crippen LogP contribution is -2.26. The summed E-state index contributed by atoms with van der Waals surface area (Å²) in [7, 11) is 1.64. The summed E-state index contributed by atoms with van der Waals surface area (Å²) in [5.41, 5.74) is 3.55. The molecule has 5 aromatic rings. The Kier molecular flexibility index (Phi) is 4.47. The Morgan fingerprint density at radius 1 is 1.07 bits per heavy atom. The van der Waals surface area contributed by atoms with Gasteiger partial charge in [-0.3, -0.25) is 4.79 Å². The maximum atomic E-state index is 12.5. The van der Waals surface area contributed by atoms with Gasteiger partial charge in [-0.1, -0.05) is 13.8 Å². The number of benzene rings is 2. The van der Waals surface area contributed by atoms with Crippen molar-refractivity contribution < 1.29 is 8.94 Å². The minimum atomic E-state index is -0.125. The molecule has 0 radical (unpaired) electrons. The first-order valence-electron chi connectivity index (χ1n) is 10.3. The van der Waals surface area contributed by atoms with E-state index in [9.17, 15) is 4.79 Å². The van der Waals surface area contributed by atoms with Gasteiger partial charge in [0.05, 0.1) is 22.5 Å². The second kappa shape index (κ2) is 7.18. The molecule has 0 saturated heterocycles. The number of hydrogen-bond acceptors (Lipinski definition) is 5. The van der Waals surface area contributed by atoms with Crippen molar-refractivity contribution in [2.75, 3.05) is 19.6 Å². The Bertz CT molecular complexity index is 1400. The minimum Gasteiger partial charge on any atom is -0.445 e. The molecule has 0 fully saturated rings. The van der Waals surface area contributed by atoms with Crippen LogP contribution in [0, 0.1) is 0 Å². The highest BCUT2D eigenvalue weighted by atomic mass is 16.5. The van der Waals surface area contributed by atoms with Gasteiger partial charge in [0.2, 0.25) is 5.89 Å². The third kappa shape index (κ3) is 2.77. The van der Waals surface area contributed by atoms with Gasteiger partial charge in [0.15, 0.2) is 5.58 Å². The van der Waals surface area contributed by atoms with E-state index < -0.39 is 0 Å². The number of aryl methyl sites for hydroxylation is 1. The Morgan fingerprint density at radius 3 is 2.60 bits per heavy atom. The van der Waals surface area contributed by atoms with Crippen molar-refractivity contribution in [2.24, 2.45) is 7.05 Å². The normalized spacial score (nSPS) is 12.1. The van der Waals surface area contributed by atoms with Crippen LogP contribution in [0.25, 0.3) is 44.2 Å². The lowest BCUT2D eigenvalue weighted by Gasteiger charge is -2.19. The number of hydrogen-bond donors (Lipinski definition) is 0. The van der Waals surface area contributed by atoms with E-state index in [1.54, 1.807) is 19.5 Å². The average molecular weight is 404 g/mol. The SMILES string of the molecule is CCN(CC)CCn1c2ccc(-c3ncco3)cc2c2c3on(C)c(=O)c3ccc21. The van der Waals surface area contributed by atoms with Gasteiger partial charge in [0, 0.05) is 36.6 Å². The maximum absolute atomic E-state index is 12.5. The highest BCUT2D eigenvalue weighted by molar-refractivity contribution is 6.19. The van der Waals surface area contributed by atoms with Crippen molar-refractivity contribution in [3.05, 3.63) is 53.1 Å². The van der Waals surface area contributed by atoms with Crippen LogP contribution in [0.4, 0.5) is 0 Å². The van der Waals surface area contributed by atoms with Crippen molar-refractivity contribution in [3.8, 4) is 11.5 Å². The zero-order chi connectivity index (χ0) is 20.8. The molecule has 0 aliphatic heterocycles. The van der Waals surface area contributed by atoms with E-state index in [0.717, 1.165) is 53.5 Å². The van der Waals surface area contributed by atoms with Crippen molar-refractivity contribution in [2.45, 2.75) is 20.4 Å². The van der Waals surface area contributed by atoms with Gasteiger partial charge in [-0.15, -0.1) is 0 Å². The van der Waals surface area contributed by atoms with E-state index >= 15 is 0 Å². The molecule has 0 atom stereocenters. The number of oxazole rings is 1.